The van der Waals surface area contributed by atoms with Gasteiger partial charge in [-0.3, -0.25) is 4.68 Å². The van der Waals surface area contributed by atoms with Gasteiger partial charge in [-0.15, -0.1) is 0 Å². The van der Waals surface area contributed by atoms with Crippen LogP contribution in [0.4, 0.5) is 16.2 Å². The van der Waals surface area contributed by atoms with E-state index in [0.717, 1.165) is 63.0 Å². The summed E-state index contributed by atoms with van der Waals surface area (Å²) in [5.74, 6) is 0. The Morgan fingerprint density at radius 2 is 1.63 bits per heavy atom. The molecule has 190 valence electrons. The van der Waals surface area contributed by atoms with Crippen LogP contribution in [0.3, 0.4) is 0 Å². The molecule has 35 heavy (non-hydrogen) atoms. The molecular formula is C25H36N6O3S. The van der Waals surface area contributed by atoms with Gasteiger partial charge in [-0.05, 0) is 108 Å². The minimum atomic E-state index is -4.17. The van der Waals surface area contributed by atoms with Crippen LogP contribution in [0.25, 0.3) is 0 Å². The molecule has 0 atom stereocenters. The van der Waals surface area contributed by atoms with E-state index in [9.17, 15) is 13.2 Å². The first-order valence-electron chi connectivity index (χ1n) is 12.6. The van der Waals surface area contributed by atoms with Crippen molar-refractivity contribution in [2.45, 2.75) is 71.3 Å². The van der Waals surface area contributed by atoms with Crippen molar-refractivity contribution in [3.63, 3.8) is 0 Å². The first kappa shape index (κ1) is 24.1. The van der Waals surface area contributed by atoms with Gasteiger partial charge >= 0.3 is 16.2 Å². The first-order valence-corrected chi connectivity index (χ1v) is 14.1. The van der Waals surface area contributed by atoms with Gasteiger partial charge < -0.3 is 10.2 Å². The number of nitrogens with zero attached hydrogens (tertiary/aromatic N) is 4. The van der Waals surface area contributed by atoms with Crippen molar-refractivity contribution >= 4 is 27.6 Å². The molecule has 2 aliphatic carbocycles. The number of aromatic nitrogens is 2. The molecule has 0 spiro atoms. The van der Waals surface area contributed by atoms with Gasteiger partial charge in [-0.1, -0.05) is 6.07 Å². The van der Waals surface area contributed by atoms with E-state index in [1.807, 2.05) is 27.9 Å². The molecular weight excluding hydrogens is 464 g/mol. The number of benzene rings is 1. The lowest BCUT2D eigenvalue weighted by molar-refractivity contribution is 0.254. The highest BCUT2D eigenvalue weighted by molar-refractivity contribution is 7.91. The van der Waals surface area contributed by atoms with E-state index in [-0.39, 0.29) is 6.04 Å². The third-order valence-corrected chi connectivity index (χ3v) is 9.35. The quantitative estimate of drug-likeness (QED) is 0.658. The zero-order chi connectivity index (χ0) is 24.9. The Hall–Kier alpha value is -2.59. The lowest BCUT2D eigenvalue weighted by Crippen LogP contribution is -2.53. The van der Waals surface area contributed by atoms with Crippen LogP contribution < -0.4 is 14.3 Å². The summed E-state index contributed by atoms with van der Waals surface area (Å²) in [4.78, 5) is 15.4. The minimum Gasteiger partial charge on any atom is -0.307 e. The number of urea groups is 1. The number of hydrogen-bond acceptors (Lipinski definition) is 5. The third-order valence-electron chi connectivity index (χ3n) is 7.90. The lowest BCUT2D eigenvalue weighted by atomic mass is 9.99. The maximum absolute atomic E-state index is 13.8. The molecule has 1 fully saturated rings. The topological polar surface area (TPSA) is 99.6 Å². The van der Waals surface area contributed by atoms with E-state index in [0.29, 0.717) is 24.2 Å². The number of carbonyl (C=O) groups excluding carboxylic acids is 1. The van der Waals surface area contributed by atoms with E-state index in [1.54, 1.807) is 4.68 Å². The summed E-state index contributed by atoms with van der Waals surface area (Å²) in [6.45, 7) is 5.27. The van der Waals surface area contributed by atoms with Crippen LogP contribution in [0.5, 0.6) is 0 Å². The first-order chi connectivity index (χ1) is 16.7. The van der Waals surface area contributed by atoms with E-state index in [4.69, 9.17) is 0 Å². The number of amides is 2. The minimum absolute atomic E-state index is 0.247. The third kappa shape index (κ3) is 4.42. The standard InChI is InChI=1S/C25H36N6O3S/c1-16-24(17(2)30(4)27-16)31(20-11-13-29(3)14-12-20)35(33,34)28-25(32)26-23-21-9-5-7-18(21)15-19-8-6-10-22(19)23/h15,20H,5-14H2,1-4H3,(H2,26,28,32). The van der Waals surface area contributed by atoms with E-state index < -0.39 is 16.2 Å². The van der Waals surface area contributed by atoms with Crippen LogP contribution in [-0.4, -0.2) is 55.3 Å². The van der Waals surface area contributed by atoms with Crippen molar-refractivity contribution in [3.05, 3.63) is 39.7 Å². The Kier molecular flexibility index (Phi) is 6.29. The van der Waals surface area contributed by atoms with Crippen molar-refractivity contribution in [1.82, 2.24) is 19.4 Å². The summed E-state index contributed by atoms with van der Waals surface area (Å²) >= 11 is 0. The molecule has 3 aliphatic rings. The lowest BCUT2D eigenvalue weighted by Gasteiger charge is -2.37. The molecule has 0 saturated carbocycles. The number of nitrogens with one attached hydrogen (secondary N) is 2. The highest BCUT2D eigenvalue weighted by atomic mass is 32.2. The predicted octanol–water partition coefficient (Wildman–Crippen LogP) is 2.98. The zero-order valence-corrected chi connectivity index (χ0v) is 22.0. The largest absolute Gasteiger partial charge is 0.334 e. The van der Waals surface area contributed by atoms with E-state index in [2.05, 4.69) is 26.1 Å². The molecule has 1 saturated heterocycles. The Balaban J connectivity index is 1.45. The number of rotatable bonds is 5. The number of hydrogen-bond donors (Lipinski definition) is 2. The van der Waals surface area contributed by atoms with Gasteiger partial charge in [-0.2, -0.15) is 13.5 Å². The fraction of sp³-hybridized carbons (Fsp3) is 0.600. The smallest absolute Gasteiger partial charge is 0.307 e. The summed E-state index contributed by atoms with van der Waals surface area (Å²) in [6, 6.07) is 1.35. The van der Waals surface area contributed by atoms with Gasteiger partial charge in [0.25, 0.3) is 0 Å². The average Bonchev–Trinajstić information content (AvgIpc) is 3.51. The van der Waals surface area contributed by atoms with Crippen LogP contribution in [0.15, 0.2) is 6.07 Å². The number of aryl methyl sites for hydroxylation is 4. The fourth-order valence-corrected chi connectivity index (χ4v) is 7.57. The second-order valence-corrected chi connectivity index (χ2v) is 11.8. The number of anilines is 2. The highest BCUT2D eigenvalue weighted by Crippen LogP contribution is 2.39. The molecule has 2 N–H and O–H groups in total. The van der Waals surface area contributed by atoms with Crippen molar-refractivity contribution in [2.75, 3.05) is 29.8 Å². The van der Waals surface area contributed by atoms with Crippen molar-refractivity contribution < 1.29 is 13.2 Å². The molecule has 2 amide bonds. The van der Waals surface area contributed by atoms with E-state index in [1.165, 1.54) is 26.6 Å². The van der Waals surface area contributed by atoms with Crippen molar-refractivity contribution in [1.29, 1.82) is 0 Å². The average molecular weight is 501 g/mol. The van der Waals surface area contributed by atoms with Crippen LogP contribution in [0.1, 0.15) is 59.3 Å². The fourth-order valence-electron chi connectivity index (χ4n) is 6.08. The number of likely N-dealkylation sites (tertiary alicyclic amines) is 1. The van der Waals surface area contributed by atoms with Gasteiger partial charge in [-0.25, -0.2) is 13.8 Å². The van der Waals surface area contributed by atoms with Gasteiger partial charge in [0.2, 0.25) is 0 Å². The maximum atomic E-state index is 13.8. The Morgan fingerprint density at radius 1 is 1.03 bits per heavy atom. The molecule has 1 aromatic carbocycles. The van der Waals surface area contributed by atoms with Crippen LogP contribution in [-0.2, 0) is 42.9 Å². The SMILES string of the molecule is Cc1nn(C)c(C)c1N(C1CCN(C)CC1)S(=O)(=O)NC(=O)Nc1c2c(cc3c1CCC3)CCC2. The van der Waals surface area contributed by atoms with Crippen molar-refractivity contribution in [3.8, 4) is 0 Å². The normalized spacial score (nSPS) is 18.4. The maximum Gasteiger partial charge on any atom is 0.334 e. The molecule has 0 radical (unpaired) electrons. The molecule has 0 bridgehead atoms. The second-order valence-electron chi connectivity index (χ2n) is 10.3. The molecule has 9 nitrogen and oxygen atoms in total. The molecule has 1 aliphatic heterocycles. The molecule has 2 heterocycles. The van der Waals surface area contributed by atoms with E-state index >= 15 is 0 Å². The number of piperidine rings is 1. The monoisotopic (exact) mass is 500 g/mol. The summed E-state index contributed by atoms with van der Waals surface area (Å²) in [6.07, 6.45) is 7.37. The molecule has 2 aromatic rings. The van der Waals surface area contributed by atoms with Gasteiger partial charge in [0.15, 0.2) is 0 Å². The van der Waals surface area contributed by atoms with Gasteiger partial charge in [0, 0.05) is 18.8 Å². The Bertz CT molecular complexity index is 1230. The summed E-state index contributed by atoms with van der Waals surface area (Å²) < 4.78 is 33.1. The second kappa shape index (κ2) is 9.13. The molecule has 1 aromatic heterocycles. The van der Waals surface area contributed by atoms with Crippen LogP contribution >= 0.6 is 0 Å². The Morgan fingerprint density at radius 3 is 2.17 bits per heavy atom. The van der Waals surface area contributed by atoms with Gasteiger partial charge in [0.05, 0.1) is 17.1 Å². The van der Waals surface area contributed by atoms with Crippen LogP contribution in [0, 0.1) is 13.8 Å². The Labute approximate surface area is 208 Å². The van der Waals surface area contributed by atoms with Crippen molar-refractivity contribution in [2.24, 2.45) is 7.05 Å². The van der Waals surface area contributed by atoms with Crippen LogP contribution in [0.2, 0.25) is 0 Å². The summed E-state index contributed by atoms with van der Waals surface area (Å²) in [5, 5.41) is 7.42. The predicted molar refractivity (Wildman–Crippen MR) is 137 cm³/mol. The zero-order valence-electron chi connectivity index (χ0n) is 21.1. The molecule has 0 unspecified atom stereocenters. The van der Waals surface area contributed by atoms with Gasteiger partial charge in [0.1, 0.15) is 0 Å². The summed E-state index contributed by atoms with van der Waals surface area (Å²) in [7, 11) is -0.325. The highest BCUT2D eigenvalue weighted by Gasteiger charge is 2.37. The number of carbonyl (C=O) groups is 1. The molecule has 10 heteroatoms. The summed E-state index contributed by atoms with van der Waals surface area (Å²) in [5.41, 5.74) is 7.70. The molecule has 5 rings (SSSR count). The number of fused-ring (bicyclic) bond motifs is 2.